The third-order valence-electron chi connectivity index (χ3n) is 4.61. The number of hydrogen-bond donors (Lipinski definition) is 0. The van der Waals surface area contributed by atoms with Crippen LogP contribution in [0, 0.1) is 13.8 Å². The van der Waals surface area contributed by atoms with E-state index in [1.54, 1.807) is 0 Å². The summed E-state index contributed by atoms with van der Waals surface area (Å²) in [6.45, 7) is 5.67. The van der Waals surface area contributed by atoms with Crippen LogP contribution in [0.5, 0.6) is 0 Å². The van der Waals surface area contributed by atoms with Crippen LogP contribution in [0.25, 0.3) is 0 Å². The molecule has 5 heteroatoms. The molecule has 0 saturated heterocycles. The number of amides is 1. The van der Waals surface area contributed by atoms with Gasteiger partial charge in [0, 0.05) is 37.2 Å². The lowest BCUT2D eigenvalue weighted by molar-refractivity contribution is -0.132. The molecule has 0 unspecified atom stereocenters. The molecule has 122 valence electrons. The Balaban J connectivity index is 1.66. The van der Waals surface area contributed by atoms with Gasteiger partial charge in [-0.15, -0.1) is 0 Å². The highest BCUT2D eigenvalue weighted by molar-refractivity contribution is 9.10. The summed E-state index contributed by atoms with van der Waals surface area (Å²) in [5.74, 6) is 0.237. The molecule has 1 aromatic heterocycles. The van der Waals surface area contributed by atoms with Gasteiger partial charge in [-0.2, -0.15) is 5.10 Å². The predicted octanol–water partition coefficient (Wildman–Crippen LogP) is 3.32. The van der Waals surface area contributed by atoms with E-state index >= 15 is 0 Å². The number of carbonyl (C=O) groups is 1. The molecule has 0 spiro atoms. The molecule has 0 bridgehead atoms. The third-order valence-corrected chi connectivity index (χ3v) is 5.06. The minimum Gasteiger partial charge on any atom is -0.338 e. The Morgan fingerprint density at radius 2 is 2.13 bits per heavy atom. The molecule has 1 aliphatic rings. The number of nitrogens with zero attached hydrogens (tertiary/aromatic N) is 3. The van der Waals surface area contributed by atoms with Crippen LogP contribution in [0.2, 0.25) is 0 Å². The summed E-state index contributed by atoms with van der Waals surface area (Å²) in [5, 5.41) is 4.34. The summed E-state index contributed by atoms with van der Waals surface area (Å²) < 4.78 is 2.94. The Hall–Kier alpha value is -1.62. The first-order valence-electron chi connectivity index (χ1n) is 7.99. The molecule has 0 saturated carbocycles. The summed E-state index contributed by atoms with van der Waals surface area (Å²) in [6.07, 6.45) is 4.27. The first-order chi connectivity index (χ1) is 10.9. The fourth-order valence-electron chi connectivity index (χ4n) is 3.32. The molecular formula is C18H22BrN3O. The molecule has 4 nitrogen and oxygen atoms in total. The van der Waals surface area contributed by atoms with E-state index in [0.29, 0.717) is 6.42 Å². The van der Waals surface area contributed by atoms with Crippen LogP contribution in [-0.2, 0) is 31.2 Å². The van der Waals surface area contributed by atoms with E-state index in [1.165, 1.54) is 22.3 Å². The fourth-order valence-corrected chi connectivity index (χ4v) is 3.94. The van der Waals surface area contributed by atoms with Gasteiger partial charge in [0.2, 0.25) is 5.91 Å². The Morgan fingerprint density at radius 1 is 1.35 bits per heavy atom. The average molecular weight is 376 g/mol. The molecule has 2 aromatic rings. The minimum absolute atomic E-state index is 0.237. The molecule has 3 rings (SSSR count). The van der Waals surface area contributed by atoms with Crippen LogP contribution in [0.15, 0.2) is 22.8 Å². The van der Waals surface area contributed by atoms with Crippen molar-refractivity contribution in [2.75, 3.05) is 6.54 Å². The standard InChI is InChI=1S/C18H22BrN3O/c1-12-8-16(19)9-14-6-7-22(11-17(12)14)18(23)5-4-15-10-21(3)20-13(15)2/h8-10H,4-7,11H2,1-3H3. The van der Waals surface area contributed by atoms with Crippen LogP contribution >= 0.6 is 15.9 Å². The van der Waals surface area contributed by atoms with Crippen molar-refractivity contribution in [2.24, 2.45) is 7.05 Å². The Bertz CT molecular complexity index is 751. The molecule has 0 fully saturated rings. The van der Waals surface area contributed by atoms with Gasteiger partial charge in [0.15, 0.2) is 0 Å². The minimum atomic E-state index is 0.237. The Morgan fingerprint density at radius 3 is 2.83 bits per heavy atom. The maximum absolute atomic E-state index is 12.6. The van der Waals surface area contributed by atoms with Gasteiger partial charge in [0.1, 0.15) is 0 Å². The average Bonchev–Trinajstić information content (AvgIpc) is 2.82. The van der Waals surface area contributed by atoms with E-state index in [2.05, 4.69) is 40.1 Å². The lowest BCUT2D eigenvalue weighted by Gasteiger charge is -2.30. The largest absolute Gasteiger partial charge is 0.338 e. The van der Waals surface area contributed by atoms with Crippen molar-refractivity contribution >= 4 is 21.8 Å². The van der Waals surface area contributed by atoms with Crippen molar-refractivity contribution in [3.8, 4) is 0 Å². The quantitative estimate of drug-likeness (QED) is 0.824. The van der Waals surface area contributed by atoms with Gasteiger partial charge in [-0.1, -0.05) is 15.9 Å². The van der Waals surface area contributed by atoms with Crippen LogP contribution in [0.1, 0.15) is 34.4 Å². The summed E-state index contributed by atoms with van der Waals surface area (Å²) >= 11 is 3.56. The highest BCUT2D eigenvalue weighted by atomic mass is 79.9. The van der Waals surface area contributed by atoms with Gasteiger partial charge >= 0.3 is 0 Å². The van der Waals surface area contributed by atoms with Crippen molar-refractivity contribution in [1.29, 1.82) is 0 Å². The molecule has 23 heavy (non-hydrogen) atoms. The highest BCUT2D eigenvalue weighted by Crippen LogP contribution is 2.27. The highest BCUT2D eigenvalue weighted by Gasteiger charge is 2.22. The summed E-state index contributed by atoms with van der Waals surface area (Å²) in [5.41, 5.74) is 6.12. The van der Waals surface area contributed by atoms with E-state index in [-0.39, 0.29) is 5.91 Å². The molecule has 1 amide bonds. The first-order valence-corrected chi connectivity index (χ1v) is 8.78. The van der Waals surface area contributed by atoms with Gasteiger partial charge in [-0.3, -0.25) is 9.48 Å². The molecule has 2 heterocycles. The molecule has 0 N–H and O–H groups in total. The van der Waals surface area contributed by atoms with Gasteiger partial charge in [-0.25, -0.2) is 0 Å². The smallest absolute Gasteiger partial charge is 0.223 e. The van der Waals surface area contributed by atoms with E-state index in [4.69, 9.17) is 0 Å². The number of rotatable bonds is 3. The molecule has 0 aliphatic carbocycles. The monoisotopic (exact) mass is 375 g/mol. The van der Waals surface area contributed by atoms with Crippen molar-refractivity contribution < 1.29 is 4.79 Å². The molecule has 0 atom stereocenters. The van der Waals surface area contributed by atoms with E-state index in [9.17, 15) is 4.79 Å². The number of hydrogen-bond acceptors (Lipinski definition) is 2. The summed E-state index contributed by atoms with van der Waals surface area (Å²) in [4.78, 5) is 14.6. The zero-order chi connectivity index (χ0) is 16.6. The third kappa shape index (κ3) is 3.50. The van der Waals surface area contributed by atoms with Gasteiger partial charge in [-0.05, 0) is 61.1 Å². The maximum atomic E-state index is 12.6. The maximum Gasteiger partial charge on any atom is 0.223 e. The second kappa shape index (κ2) is 6.48. The lowest BCUT2D eigenvalue weighted by atomic mass is 9.95. The number of benzene rings is 1. The van der Waals surface area contributed by atoms with Crippen molar-refractivity contribution in [2.45, 2.75) is 39.7 Å². The Kier molecular flexibility index (Phi) is 4.57. The zero-order valence-electron chi connectivity index (χ0n) is 13.9. The number of aromatic nitrogens is 2. The Labute approximate surface area is 145 Å². The van der Waals surface area contributed by atoms with Gasteiger partial charge in [0.25, 0.3) is 0 Å². The van der Waals surface area contributed by atoms with Crippen molar-refractivity contribution in [3.63, 3.8) is 0 Å². The topological polar surface area (TPSA) is 38.1 Å². The van der Waals surface area contributed by atoms with Crippen molar-refractivity contribution in [1.82, 2.24) is 14.7 Å². The predicted molar refractivity (Wildman–Crippen MR) is 94.3 cm³/mol. The van der Waals surface area contributed by atoms with Crippen LogP contribution in [0.3, 0.4) is 0 Å². The van der Waals surface area contributed by atoms with Gasteiger partial charge in [0.05, 0.1) is 5.69 Å². The SMILES string of the molecule is Cc1cc(Br)cc2c1CN(C(=O)CCc1cn(C)nc1C)CC2. The first kappa shape index (κ1) is 16.2. The number of aryl methyl sites for hydroxylation is 4. The molecular weight excluding hydrogens is 354 g/mol. The van der Waals surface area contributed by atoms with Crippen LogP contribution in [0.4, 0.5) is 0 Å². The van der Waals surface area contributed by atoms with E-state index in [0.717, 1.165) is 36.1 Å². The second-order valence-electron chi connectivity index (χ2n) is 6.34. The molecule has 0 radical (unpaired) electrons. The van der Waals surface area contributed by atoms with E-state index in [1.807, 2.05) is 29.7 Å². The fraction of sp³-hybridized carbons (Fsp3) is 0.444. The number of carbonyl (C=O) groups excluding carboxylic acids is 1. The zero-order valence-corrected chi connectivity index (χ0v) is 15.5. The normalized spacial score (nSPS) is 14.0. The van der Waals surface area contributed by atoms with Crippen LogP contribution < -0.4 is 0 Å². The molecule has 1 aliphatic heterocycles. The lowest BCUT2D eigenvalue weighted by Crippen LogP contribution is -2.36. The number of fused-ring (bicyclic) bond motifs is 1. The van der Waals surface area contributed by atoms with E-state index < -0.39 is 0 Å². The van der Waals surface area contributed by atoms with Crippen molar-refractivity contribution in [3.05, 3.63) is 50.8 Å². The van der Waals surface area contributed by atoms with Crippen LogP contribution in [-0.4, -0.2) is 27.1 Å². The number of halogens is 1. The second-order valence-corrected chi connectivity index (χ2v) is 7.25. The summed E-state index contributed by atoms with van der Waals surface area (Å²) in [7, 11) is 1.92. The van der Waals surface area contributed by atoms with Gasteiger partial charge < -0.3 is 4.90 Å². The molecule has 1 aromatic carbocycles. The summed E-state index contributed by atoms with van der Waals surface area (Å²) in [6, 6.07) is 4.31.